The summed E-state index contributed by atoms with van der Waals surface area (Å²) in [5.41, 5.74) is 3.97. The predicted molar refractivity (Wildman–Crippen MR) is 154 cm³/mol. The van der Waals surface area contributed by atoms with Crippen molar-refractivity contribution in [3.05, 3.63) is 58.9 Å². The molecule has 1 unspecified atom stereocenters. The van der Waals surface area contributed by atoms with Crippen molar-refractivity contribution in [1.82, 2.24) is 19.8 Å². The summed E-state index contributed by atoms with van der Waals surface area (Å²) in [4.78, 5) is 34.1. The molecule has 0 spiro atoms. The van der Waals surface area contributed by atoms with Gasteiger partial charge in [0, 0.05) is 41.9 Å². The van der Waals surface area contributed by atoms with E-state index in [1.54, 1.807) is 11.8 Å². The SMILES string of the molecule is CCOC(=O)CNC(=O)N(CCCN1[C@@H]2CC[C@H]1CC(n1c(C)nc3ccccc31)C2)c1ccc(C)c(Cl)c1. The Bertz CT molecular complexity index is 1330. The van der Waals surface area contributed by atoms with Gasteiger partial charge in [-0.25, -0.2) is 9.78 Å². The highest BCUT2D eigenvalue weighted by Crippen LogP contribution is 2.42. The number of carbonyl (C=O) groups excluding carboxylic acids is 2. The first-order valence-corrected chi connectivity index (χ1v) is 14.4. The zero-order valence-corrected chi connectivity index (χ0v) is 23.8. The number of benzene rings is 2. The summed E-state index contributed by atoms with van der Waals surface area (Å²) in [5.74, 6) is 0.642. The van der Waals surface area contributed by atoms with Crippen LogP contribution in [0.4, 0.5) is 10.5 Å². The van der Waals surface area contributed by atoms with E-state index in [0.717, 1.165) is 48.4 Å². The van der Waals surface area contributed by atoms with Gasteiger partial charge >= 0.3 is 12.0 Å². The Labute approximate surface area is 235 Å². The third-order valence-electron chi connectivity index (χ3n) is 8.20. The Morgan fingerprint density at radius 2 is 1.85 bits per heavy atom. The Morgan fingerprint density at radius 3 is 2.56 bits per heavy atom. The molecule has 2 aromatic carbocycles. The van der Waals surface area contributed by atoms with Crippen molar-refractivity contribution in [1.29, 1.82) is 0 Å². The summed E-state index contributed by atoms with van der Waals surface area (Å²) in [6.45, 7) is 7.36. The number of fused-ring (bicyclic) bond motifs is 3. The molecule has 39 heavy (non-hydrogen) atoms. The fraction of sp³-hybridized carbons (Fsp3) is 0.500. The van der Waals surface area contributed by atoms with E-state index in [4.69, 9.17) is 21.3 Å². The maximum atomic E-state index is 13.1. The molecule has 8 nitrogen and oxygen atoms in total. The number of amides is 2. The fourth-order valence-corrected chi connectivity index (χ4v) is 6.59. The van der Waals surface area contributed by atoms with Crippen molar-refractivity contribution in [2.45, 2.75) is 71.0 Å². The molecule has 0 saturated carbocycles. The lowest BCUT2D eigenvalue weighted by Gasteiger charge is -2.40. The van der Waals surface area contributed by atoms with Crippen LogP contribution in [0, 0.1) is 13.8 Å². The molecule has 2 aliphatic heterocycles. The van der Waals surface area contributed by atoms with E-state index >= 15 is 0 Å². The maximum absolute atomic E-state index is 13.1. The number of urea groups is 1. The summed E-state index contributed by atoms with van der Waals surface area (Å²) in [7, 11) is 0. The number of halogens is 1. The van der Waals surface area contributed by atoms with Gasteiger partial charge in [0.2, 0.25) is 0 Å². The Balaban J connectivity index is 1.24. The molecule has 3 aromatic rings. The van der Waals surface area contributed by atoms with Gasteiger partial charge in [-0.15, -0.1) is 0 Å². The second kappa shape index (κ2) is 12.0. The lowest BCUT2D eigenvalue weighted by molar-refractivity contribution is -0.141. The first-order chi connectivity index (χ1) is 18.9. The number of nitrogens with zero attached hydrogens (tertiary/aromatic N) is 4. The third-order valence-corrected chi connectivity index (χ3v) is 8.60. The molecule has 0 aliphatic carbocycles. The first kappa shape index (κ1) is 27.5. The molecule has 3 atom stereocenters. The average molecular weight is 552 g/mol. The van der Waals surface area contributed by atoms with Gasteiger partial charge in [0.15, 0.2) is 0 Å². The zero-order chi connectivity index (χ0) is 27.5. The molecule has 2 fully saturated rings. The normalized spacial score (nSPS) is 20.8. The minimum atomic E-state index is -0.451. The summed E-state index contributed by atoms with van der Waals surface area (Å²) < 4.78 is 7.42. The highest BCUT2D eigenvalue weighted by molar-refractivity contribution is 6.31. The van der Waals surface area contributed by atoms with E-state index in [9.17, 15) is 9.59 Å². The highest BCUT2D eigenvalue weighted by Gasteiger charge is 2.41. The van der Waals surface area contributed by atoms with E-state index in [1.807, 2.05) is 25.1 Å². The number of para-hydroxylation sites is 2. The number of ether oxygens (including phenoxy) is 1. The fourth-order valence-electron chi connectivity index (χ4n) is 6.41. The van der Waals surface area contributed by atoms with Crippen LogP contribution in [0.3, 0.4) is 0 Å². The van der Waals surface area contributed by atoms with Crippen LogP contribution in [0.15, 0.2) is 42.5 Å². The quantitative estimate of drug-likeness (QED) is 0.348. The van der Waals surface area contributed by atoms with Crippen LogP contribution in [-0.4, -0.2) is 64.8 Å². The number of carbonyl (C=O) groups is 2. The molecule has 2 bridgehead atoms. The standard InChI is InChI=1S/C30H38ClN5O3/c1-4-39-29(37)19-32-30(38)35(24-11-10-20(2)26(31)18-24)15-7-14-34-22-12-13-23(34)17-25(16-22)36-21(3)33-27-8-5-6-9-28(27)36/h5-6,8-11,18,22-23,25H,4,7,12-17,19H2,1-3H3,(H,32,38)/t22-,23+,25?. The number of aromatic nitrogens is 2. The van der Waals surface area contributed by atoms with Gasteiger partial charge < -0.3 is 14.6 Å². The van der Waals surface area contributed by atoms with Crippen molar-refractivity contribution in [2.75, 3.05) is 31.1 Å². The number of piperidine rings is 1. The summed E-state index contributed by atoms with van der Waals surface area (Å²) >= 11 is 6.39. The van der Waals surface area contributed by atoms with Gasteiger partial charge in [-0.3, -0.25) is 14.6 Å². The molecule has 3 heterocycles. The Kier molecular flexibility index (Phi) is 8.43. The van der Waals surface area contributed by atoms with Gasteiger partial charge in [-0.2, -0.15) is 0 Å². The number of rotatable bonds is 9. The number of imidazole rings is 1. The second-order valence-corrected chi connectivity index (χ2v) is 11.1. The molecule has 0 radical (unpaired) electrons. The molecule has 208 valence electrons. The van der Waals surface area contributed by atoms with Crippen molar-refractivity contribution in [3.63, 3.8) is 0 Å². The summed E-state index contributed by atoms with van der Waals surface area (Å²) in [6, 6.07) is 15.3. The topological polar surface area (TPSA) is 79.7 Å². The van der Waals surface area contributed by atoms with Crippen LogP contribution in [0.1, 0.15) is 56.5 Å². The molecule has 2 aliphatic rings. The molecular formula is C30H38ClN5O3. The number of esters is 1. The van der Waals surface area contributed by atoms with Crippen LogP contribution in [-0.2, 0) is 9.53 Å². The first-order valence-electron chi connectivity index (χ1n) is 14.0. The molecular weight excluding hydrogens is 514 g/mol. The zero-order valence-electron chi connectivity index (χ0n) is 23.0. The van der Waals surface area contributed by atoms with E-state index in [-0.39, 0.29) is 19.2 Å². The van der Waals surface area contributed by atoms with E-state index in [0.29, 0.717) is 29.7 Å². The molecule has 9 heteroatoms. The largest absolute Gasteiger partial charge is 0.465 e. The highest BCUT2D eigenvalue weighted by atomic mass is 35.5. The molecule has 2 saturated heterocycles. The van der Waals surface area contributed by atoms with Crippen molar-refractivity contribution < 1.29 is 14.3 Å². The van der Waals surface area contributed by atoms with Crippen LogP contribution in [0.25, 0.3) is 11.0 Å². The monoisotopic (exact) mass is 551 g/mol. The summed E-state index contributed by atoms with van der Waals surface area (Å²) in [6.07, 6.45) is 5.49. The number of aryl methyl sites for hydroxylation is 2. The smallest absolute Gasteiger partial charge is 0.325 e. The lowest BCUT2D eigenvalue weighted by atomic mass is 9.96. The Hall–Kier alpha value is -3.10. The minimum Gasteiger partial charge on any atom is -0.465 e. The average Bonchev–Trinajstić information content (AvgIpc) is 3.37. The Morgan fingerprint density at radius 1 is 1.10 bits per heavy atom. The number of hydrogen-bond donors (Lipinski definition) is 1. The number of anilines is 1. The van der Waals surface area contributed by atoms with Crippen LogP contribution >= 0.6 is 11.6 Å². The van der Waals surface area contributed by atoms with Crippen molar-refractivity contribution in [3.8, 4) is 0 Å². The van der Waals surface area contributed by atoms with Crippen molar-refractivity contribution in [2.24, 2.45) is 0 Å². The van der Waals surface area contributed by atoms with Gasteiger partial charge in [-0.1, -0.05) is 29.8 Å². The van der Waals surface area contributed by atoms with Gasteiger partial charge in [0.1, 0.15) is 12.4 Å². The van der Waals surface area contributed by atoms with Crippen molar-refractivity contribution >= 4 is 40.3 Å². The maximum Gasteiger partial charge on any atom is 0.325 e. The van der Waals surface area contributed by atoms with Gasteiger partial charge in [-0.05, 0) is 82.7 Å². The van der Waals surface area contributed by atoms with Crippen LogP contribution in [0.5, 0.6) is 0 Å². The minimum absolute atomic E-state index is 0.164. The summed E-state index contributed by atoms with van der Waals surface area (Å²) in [5, 5.41) is 3.32. The van der Waals surface area contributed by atoms with E-state index < -0.39 is 5.97 Å². The molecule has 1 aromatic heterocycles. The van der Waals surface area contributed by atoms with E-state index in [2.05, 4.69) is 46.0 Å². The van der Waals surface area contributed by atoms with E-state index in [1.165, 1.54) is 18.4 Å². The van der Waals surface area contributed by atoms with Gasteiger partial charge in [0.05, 0.1) is 17.6 Å². The van der Waals surface area contributed by atoms with Crippen LogP contribution in [0.2, 0.25) is 5.02 Å². The predicted octanol–water partition coefficient (Wildman–Crippen LogP) is 5.64. The number of nitrogens with one attached hydrogen (secondary N) is 1. The number of hydrogen-bond acceptors (Lipinski definition) is 5. The molecule has 5 rings (SSSR count). The van der Waals surface area contributed by atoms with Gasteiger partial charge in [0.25, 0.3) is 0 Å². The molecule has 2 amide bonds. The second-order valence-electron chi connectivity index (χ2n) is 10.7. The van der Waals surface area contributed by atoms with Crippen LogP contribution < -0.4 is 10.2 Å². The lowest BCUT2D eigenvalue weighted by Crippen LogP contribution is -2.46. The third kappa shape index (κ3) is 5.92. The molecule has 1 N–H and O–H groups in total.